The minimum absolute atomic E-state index is 0.0265. The van der Waals surface area contributed by atoms with Gasteiger partial charge < -0.3 is 9.88 Å². The Kier molecular flexibility index (Phi) is 4.68. The molecule has 1 heterocycles. The second kappa shape index (κ2) is 6.09. The van der Waals surface area contributed by atoms with E-state index in [9.17, 15) is 0 Å². The Balaban J connectivity index is 2.11. The van der Waals surface area contributed by atoms with E-state index in [1.807, 2.05) is 18.5 Å². The van der Waals surface area contributed by atoms with E-state index in [1.54, 1.807) is 18.5 Å². The number of nitrogens with zero attached hydrogens (tertiary/aromatic N) is 3. The molecule has 0 aliphatic rings. The zero-order valence-corrected chi connectivity index (χ0v) is 12.8. The highest BCUT2D eigenvalue weighted by molar-refractivity contribution is 6.44. The molecule has 0 saturated heterocycles. The Morgan fingerprint density at radius 3 is 2.58 bits per heavy atom. The first-order chi connectivity index (χ1) is 9.00. The molecule has 1 unspecified atom stereocenters. The van der Waals surface area contributed by atoms with Crippen molar-refractivity contribution in [2.75, 3.05) is 0 Å². The summed E-state index contributed by atoms with van der Waals surface area (Å²) < 4.78 is 1.86. The lowest BCUT2D eigenvalue weighted by Gasteiger charge is -2.15. The van der Waals surface area contributed by atoms with Crippen molar-refractivity contribution < 1.29 is 0 Å². The Hall–Kier alpha value is -0.810. The maximum absolute atomic E-state index is 6.15. The van der Waals surface area contributed by atoms with Crippen molar-refractivity contribution >= 4 is 34.8 Å². The summed E-state index contributed by atoms with van der Waals surface area (Å²) >= 11 is 18.3. The van der Waals surface area contributed by atoms with Crippen molar-refractivity contribution in [3.05, 3.63) is 44.9 Å². The zero-order chi connectivity index (χ0) is 14.0. The van der Waals surface area contributed by atoms with Crippen LogP contribution in [-0.4, -0.2) is 14.8 Å². The summed E-state index contributed by atoms with van der Waals surface area (Å²) in [6.07, 6.45) is 1.66. The van der Waals surface area contributed by atoms with Crippen molar-refractivity contribution in [1.29, 1.82) is 0 Å². The van der Waals surface area contributed by atoms with Crippen LogP contribution in [0.25, 0.3) is 0 Å². The molecule has 0 radical (unpaired) electrons. The van der Waals surface area contributed by atoms with Gasteiger partial charge in [-0.25, -0.2) is 0 Å². The summed E-state index contributed by atoms with van der Waals surface area (Å²) in [5, 5.41) is 12.8. The maximum atomic E-state index is 6.15. The van der Waals surface area contributed by atoms with Gasteiger partial charge in [-0.3, -0.25) is 0 Å². The average molecular weight is 320 g/mol. The molecule has 0 saturated carbocycles. The fraction of sp³-hybridized carbons (Fsp3) is 0.333. The van der Waals surface area contributed by atoms with Gasteiger partial charge in [-0.1, -0.05) is 34.8 Å². The standard InChI is InChI=1S/C12H13Cl3N4/c1-7(12-18-17-6-19(12)2)16-5-8-9(13)3-4-10(14)11(8)15/h3-4,6-7,16H,5H2,1-2H3. The van der Waals surface area contributed by atoms with E-state index in [1.165, 1.54) is 0 Å². The minimum Gasteiger partial charge on any atom is -0.319 e. The summed E-state index contributed by atoms with van der Waals surface area (Å²) in [5.74, 6) is 0.842. The number of aryl methyl sites for hydroxylation is 1. The zero-order valence-electron chi connectivity index (χ0n) is 10.5. The third-order valence-corrected chi connectivity index (χ3v) is 4.06. The molecule has 2 rings (SSSR count). The smallest absolute Gasteiger partial charge is 0.149 e. The second-order valence-corrected chi connectivity index (χ2v) is 5.42. The van der Waals surface area contributed by atoms with E-state index in [4.69, 9.17) is 34.8 Å². The van der Waals surface area contributed by atoms with Crippen molar-refractivity contribution in [3.8, 4) is 0 Å². The second-order valence-electron chi connectivity index (χ2n) is 4.22. The third-order valence-electron chi connectivity index (χ3n) is 2.86. The van der Waals surface area contributed by atoms with Gasteiger partial charge in [0.15, 0.2) is 0 Å². The van der Waals surface area contributed by atoms with Gasteiger partial charge >= 0.3 is 0 Å². The molecule has 1 aromatic heterocycles. The fourth-order valence-electron chi connectivity index (χ4n) is 1.76. The molecule has 0 amide bonds. The molecular weight excluding hydrogens is 307 g/mol. The van der Waals surface area contributed by atoms with Gasteiger partial charge in [0.1, 0.15) is 12.2 Å². The van der Waals surface area contributed by atoms with E-state index in [-0.39, 0.29) is 6.04 Å². The van der Waals surface area contributed by atoms with Crippen LogP contribution in [0.5, 0.6) is 0 Å². The topological polar surface area (TPSA) is 42.7 Å². The number of aromatic nitrogens is 3. The molecular formula is C12H13Cl3N4. The Morgan fingerprint density at radius 2 is 1.95 bits per heavy atom. The van der Waals surface area contributed by atoms with Crippen molar-refractivity contribution in [3.63, 3.8) is 0 Å². The molecule has 7 heteroatoms. The fourth-order valence-corrected chi connectivity index (χ4v) is 2.44. The minimum atomic E-state index is 0.0265. The molecule has 1 aromatic carbocycles. The van der Waals surface area contributed by atoms with Gasteiger partial charge in [-0.15, -0.1) is 10.2 Å². The van der Waals surface area contributed by atoms with Crippen LogP contribution < -0.4 is 5.32 Å². The van der Waals surface area contributed by atoms with Crippen LogP contribution in [0, 0.1) is 0 Å². The predicted octanol–water partition coefficient (Wildman–Crippen LogP) is 3.63. The lowest BCUT2D eigenvalue weighted by molar-refractivity contribution is 0.528. The van der Waals surface area contributed by atoms with Crippen molar-refractivity contribution in [1.82, 2.24) is 20.1 Å². The number of hydrogen-bond donors (Lipinski definition) is 1. The summed E-state index contributed by atoms with van der Waals surface area (Å²) in [4.78, 5) is 0. The monoisotopic (exact) mass is 318 g/mol. The summed E-state index contributed by atoms with van der Waals surface area (Å²) in [7, 11) is 1.90. The van der Waals surface area contributed by atoms with E-state index < -0.39 is 0 Å². The molecule has 0 spiro atoms. The van der Waals surface area contributed by atoms with Crippen LogP contribution in [0.2, 0.25) is 15.1 Å². The van der Waals surface area contributed by atoms with Crippen molar-refractivity contribution in [2.24, 2.45) is 7.05 Å². The molecule has 4 nitrogen and oxygen atoms in total. The van der Waals surface area contributed by atoms with Crippen LogP contribution in [-0.2, 0) is 13.6 Å². The first-order valence-electron chi connectivity index (χ1n) is 5.70. The van der Waals surface area contributed by atoms with Gasteiger partial charge in [-0.2, -0.15) is 0 Å². The van der Waals surface area contributed by atoms with Gasteiger partial charge in [-0.05, 0) is 19.1 Å². The predicted molar refractivity (Wildman–Crippen MR) is 77.7 cm³/mol. The largest absolute Gasteiger partial charge is 0.319 e. The van der Waals surface area contributed by atoms with E-state index in [0.717, 1.165) is 11.4 Å². The summed E-state index contributed by atoms with van der Waals surface area (Å²) in [6, 6.07) is 3.44. The average Bonchev–Trinajstić information content (AvgIpc) is 2.80. The van der Waals surface area contributed by atoms with Crippen LogP contribution in [0.4, 0.5) is 0 Å². The van der Waals surface area contributed by atoms with E-state index in [0.29, 0.717) is 21.6 Å². The summed E-state index contributed by atoms with van der Waals surface area (Å²) in [5.41, 5.74) is 0.782. The van der Waals surface area contributed by atoms with Crippen molar-refractivity contribution in [2.45, 2.75) is 19.5 Å². The van der Waals surface area contributed by atoms with Gasteiger partial charge in [0.2, 0.25) is 0 Å². The highest BCUT2D eigenvalue weighted by Gasteiger charge is 2.14. The Bertz CT molecular complexity index is 582. The summed E-state index contributed by atoms with van der Waals surface area (Å²) in [6.45, 7) is 2.50. The number of rotatable bonds is 4. The normalized spacial score (nSPS) is 12.7. The molecule has 0 aliphatic heterocycles. The SMILES string of the molecule is CC(NCc1c(Cl)ccc(Cl)c1Cl)c1nncn1C. The Labute approximate surface area is 126 Å². The molecule has 1 atom stereocenters. The third kappa shape index (κ3) is 3.20. The highest BCUT2D eigenvalue weighted by Crippen LogP contribution is 2.31. The molecule has 0 aliphatic carbocycles. The number of nitrogens with one attached hydrogen (secondary N) is 1. The maximum Gasteiger partial charge on any atom is 0.149 e. The van der Waals surface area contributed by atoms with Crippen LogP contribution in [0.1, 0.15) is 24.4 Å². The highest BCUT2D eigenvalue weighted by atomic mass is 35.5. The van der Waals surface area contributed by atoms with Gasteiger partial charge in [0.25, 0.3) is 0 Å². The molecule has 19 heavy (non-hydrogen) atoms. The number of hydrogen-bond acceptors (Lipinski definition) is 3. The van der Waals surface area contributed by atoms with Crippen LogP contribution in [0.15, 0.2) is 18.5 Å². The number of benzene rings is 1. The van der Waals surface area contributed by atoms with Gasteiger partial charge in [0.05, 0.1) is 16.1 Å². The molecule has 2 aromatic rings. The molecule has 102 valence electrons. The lowest BCUT2D eigenvalue weighted by Crippen LogP contribution is -2.21. The van der Waals surface area contributed by atoms with E-state index in [2.05, 4.69) is 15.5 Å². The molecule has 0 fully saturated rings. The molecule has 0 bridgehead atoms. The van der Waals surface area contributed by atoms with Gasteiger partial charge in [0, 0.05) is 24.2 Å². The van der Waals surface area contributed by atoms with Crippen LogP contribution in [0.3, 0.4) is 0 Å². The van der Waals surface area contributed by atoms with Crippen LogP contribution >= 0.6 is 34.8 Å². The molecule has 1 N–H and O–H groups in total. The van der Waals surface area contributed by atoms with E-state index >= 15 is 0 Å². The number of halogens is 3. The Morgan fingerprint density at radius 1 is 1.26 bits per heavy atom. The first kappa shape index (κ1) is 14.6. The lowest BCUT2D eigenvalue weighted by atomic mass is 10.2. The first-order valence-corrected chi connectivity index (χ1v) is 6.83. The quantitative estimate of drug-likeness (QED) is 0.875.